The van der Waals surface area contributed by atoms with Gasteiger partial charge < -0.3 is 10.4 Å². The van der Waals surface area contributed by atoms with Gasteiger partial charge >= 0.3 is 0 Å². The van der Waals surface area contributed by atoms with Crippen molar-refractivity contribution in [3.8, 4) is 11.4 Å². The van der Waals surface area contributed by atoms with Gasteiger partial charge in [-0.3, -0.25) is 4.79 Å². The van der Waals surface area contributed by atoms with Crippen molar-refractivity contribution in [1.82, 2.24) is 9.36 Å². The zero-order valence-electron chi connectivity index (χ0n) is 12.5. The number of hydrogen-bond donors (Lipinski definition) is 2. The van der Waals surface area contributed by atoms with E-state index in [1.807, 2.05) is 6.07 Å². The van der Waals surface area contributed by atoms with E-state index in [1.54, 1.807) is 36.4 Å². The van der Waals surface area contributed by atoms with Crippen LogP contribution in [0.3, 0.4) is 0 Å². The summed E-state index contributed by atoms with van der Waals surface area (Å²) in [5.74, 6) is -0.274. The summed E-state index contributed by atoms with van der Waals surface area (Å²) in [6, 6.07) is 14.8. The van der Waals surface area contributed by atoms with E-state index in [1.165, 1.54) is 12.1 Å². The Bertz CT molecular complexity index is 821. The zero-order chi connectivity index (χ0) is 16.9. The van der Waals surface area contributed by atoms with Crippen LogP contribution in [0.4, 0.5) is 9.52 Å². The minimum Gasteiger partial charge on any atom is -0.388 e. The number of hydrogen-bond acceptors (Lipinski definition) is 5. The van der Waals surface area contributed by atoms with E-state index in [9.17, 15) is 14.3 Å². The topological polar surface area (TPSA) is 75.1 Å². The van der Waals surface area contributed by atoms with Crippen molar-refractivity contribution in [2.75, 3.05) is 5.32 Å². The van der Waals surface area contributed by atoms with Gasteiger partial charge in [0.15, 0.2) is 5.82 Å². The molecule has 1 atom stereocenters. The van der Waals surface area contributed by atoms with Crippen LogP contribution in [0, 0.1) is 5.82 Å². The molecule has 2 aromatic carbocycles. The summed E-state index contributed by atoms with van der Waals surface area (Å²) in [5, 5.41) is 13.0. The predicted molar refractivity (Wildman–Crippen MR) is 90.0 cm³/mol. The van der Waals surface area contributed by atoms with Crippen molar-refractivity contribution in [2.24, 2.45) is 0 Å². The number of carbonyl (C=O) groups is 1. The Morgan fingerprint density at radius 3 is 2.58 bits per heavy atom. The average Bonchev–Trinajstić information content (AvgIpc) is 3.04. The Hall–Kier alpha value is -2.64. The molecule has 3 aromatic rings. The van der Waals surface area contributed by atoms with Crippen molar-refractivity contribution < 1.29 is 14.3 Å². The lowest BCUT2D eigenvalue weighted by Gasteiger charge is -2.09. The fourth-order valence-electron chi connectivity index (χ4n) is 2.13. The Balaban J connectivity index is 1.62. The van der Waals surface area contributed by atoms with Gasteiger partial charge in [0.2, 0.25) is 11.0 Å². The molecule has 5 nitrogen and oxygen atoms in total. The summed E-state index contributed by atoms with van der Waals surface area (Å²) in [7, 11) is 0. The molecule has 0 spiro atoms. The van der Waals surface area contributed by atoms with Crippen LogP contribution in [-0.2, 0) is 4.79 Å². The second kappa shape index (κ2) is 7.29. The molecule has 7 heteroatoms. The second-order valence-electron chi connectivity index (χ2n) is 5.11. The van der Waals surface area contributed by atoms with E-state index in [0.717, 1.165) is 11.5 Å². The maximum Gasteiger partial charge on any atom is 0.229 e. The number of aliphatic hydroxyl groups excluding tert-OH is 1. The molecule has 1 unspecified atom stereocenters. The molecule has 0 bridgehead atoms. The normalized spacial score (nSPS) is 11.9. The Morgan fingerprint density at radius 2 is 1.88 bits per heavy atom. The van der Waals surface area contributed by atoms with Crippen LogP contribution in [0.5, 0.6) is 0 Å². The number of amides is 1. The lowest BCUT2D eigenvalue weighted by molar-refractivity contribution is -0.118. The van der Waals surface area contributed by atoms with Gasteiger partial charge in [0, 0.05) is 17.1 Å². The monoisotopic (exact) mass is 343 g/mol. The molecule has 0 saturated heterocycles. The van der Waals surface area contributed by atoms with Gasteiger partial charge in [-0.25, -0.2) is 4.39 Å². The maximum atomic E-state index is 12.9. The van der Waals surface area contributed by atoms with Crippen molar-refractivity contribution in [3.05, 3.63) is 66.0 Å². The van der Waals surface area contributed by atoms with Gasteiger partial charge in [-0.2, -0.15) is 9.36 Å². The van der Waals surface area contributed by atoms with Crippen LogP contribution in [-0.4, -0.2) is 20.4 Å². The summed E-state index contributed by atoms with van der Waals surface area (Å²) in [6.45, 7) is 0. The standard InChI is InChI=1S/C17H14FN3O2S/c18-13-8-6-12(7-9-13)16-20-17(24-21-16)19-15(23)10-14(22)11-4-2-1-3-5-11/h1-9,14,22H,10H2,(H,19,20,21,23). The van der Waals surface area contributed by atoms with Crippen molar-refractivity contribution in [3.63, 3.8) is 0 Å². The number of aromatic nitrogens is 2. The highest BCUT2D eigenvalue weighted by atomic mass is 32.1. The number of rotatable bonds is 5. The molecular weight excluding hydrogens is 329 g/mol. The highest BCUT2D eigenvalue weighted by Gasteiger charge is 2.15. The molecule has 122 valence electrons. The molecule has 0 saturated carbocycles. The minimum absolute atomic E-state index is 0.0739. The van der Waals surface area contributed by atoms with Crippen LogP contribution >= 0.6 is 11.5 Å². The number of halogens is 1. The third kappa shape index (κ3) is 4.01. The molecule has 0 aliphatic heterocycles. The SMILES string of the molecule is O=C(CC(O)c1ccccc1)Nc1nc(-c2ccc(F)cc2)ns1. The van der Waals surface area contributed by atoms with Crippen molar-refractivity contribution in [2.45, 2.75) is 12.5 Å². The summed E-state index contributed by atoms with van der Waals surface area (Å²) in [4.78, 5) is 16.2. The van der Waals surface area contributed by atoms with Gasteiger partial charge in [0.05, 0.1) is 12.5 Å². The van der Waals surface area contributed by atoms with Gasteiger partial charge in [0.25, 0.3) is 0 Å². The first-order valence-corrected chi connectivity index (χ1v) is 8.01. The van der Waals surface area contributed by atoms with Gasteiger partial charge in [-0.15, -0.1) is 0 Å². The van der Waals surface area contributed by atoms with E-state index in [-0.39, 0.29) is 18.1 Å². The molecule has 1 amide bonds. The van der Waals surface area contributed by atoms with Gasteiger partial charge in [-0.05, 0) is 29.8 Å². The Kier molecular flexibility index (Phi) is 4.93. The highest BCUT2D eigenvalue weighted by Crippen LogP contribution is 2.22. The number of aliphatic hydroxyl groups is 1. The van der Waals surface area contributed by atoms with E-state index in [0.29, 0.717) is 22.1 Å². The van der Waals surface area contributed by atoms with Crippen LogP contribution in [0.2, 0.25) is 0 Å². The quantitative estimate of drug-likeness (QED) is 0.744. The van der Waals surface area contributed by atoms with Crippen molar-refractivity contribution >= 4 is 22.6 Å². The summed E-state index contributed by atoms with van der Waals surface area (Å²) in [6.07, 6.45) is -0.953. The Morgan fingerprint density at radius 1 is 1.17 bits per heavy atom. The smallest absolute Gasteiger partial charge is 0.229 e. The molecule has 0 aliphatic rings. The van der Waals surface area contributed by atoms with E-state index >= 15 is 0 Å². The molecule has 1 aromatic heterocycles. The molecule has 0 fully saturated rings. The van der Waals surface area contributed by atoms with Crippen LogP contribution in [0.1, 0.15) is 18.1 Å². The van der Waals surface area contributed by atoms with Gasteiger partial charge in [-0.1, -0.05) is 30.3 Å². The third-order valence-corrected chi connectivity index (χ3v) is 3.97. The summed E-state index contributed by atoms with van der Waals surface area (Å²) < 4.78 is 17.1. The average molecular weight is 343 g/mol. The molecule has 0 radical (unpaired) electrons. The fourth-order valence-corrected chi connectivity index (χ4v) is 2.74. The largest absolute Gasteiger partial charge is 0.388 e. The van der Waals surface area contributed by atoms with E-state index < -0.39 is 6.10 Å². The first-order valence-electron chi connectivity index (χ1n) is 7.24. The predicted octanol–water partition coefficient (Wildman–Crippen LogP) is 3.41. The third-order valence-electron chi connectivity index (χ3n) is 3.34. The highest BCUT2D eigenvalue weighted by molar-refractivity contribution is 7.10. The number of benzene rings is 2. The van der Waals surface area contributed by atoms with Crippen molar-refractivity contribution in [1.29, 1.82) is 0 Å². The molecule has 24 heavy (non-hydrogen) atoms. The fraction of sp³-hybridized carbons (Fsp3) is 0.118. The Labute approximate surface area is 142 Å². The molecule has 1 heterocycles. The maximum absolute atomic E-state index is 12.9. The number of carbonyl (C=O) groups excluding carboxylic acids is 1. The summed E-state index contributed by atoms with van der Waals surface area (Å²) in [5.41, 5.74) is 1.34. The second-order valence-corrected chi connectivity index (χ2v) is 5.86. The van der Waals surface area contributed by atoms with Crippen LogP contribution in [0.25, 0.3) is 11.4 Å². The van der Waals surface area contributed by atoms with Crippen LogP contribution in [0.15, 0.2) is 54.6 Å². The van der Waals surface area contributed by atoms with E-state index in [2.05, 4.69) is 14.7 Å². The molecule has 0 aliphatic carbocycles. The number of anilines is 1. The van der Waals surface area contributed by atoms with E-state index in [4.69, 9.17) is 0 Å². The first-order chi connectivity index (χ1) is 11.6. The summed E-state index contributed by atoms with van der Waals surface area (Å²) >= 11 is 1.03. The lowest BCUT2D eigenvalue weighted by Crippen LogP contribution is -2.15. The number of nitrogens with zero attached hydrogens (tertiary/aromatic N) is 2. The zero-order valence-corrected chi connectivity index (χ0v) is 13.3. The lowest BCUT2D eigenvalue weighted by atomic mass is 10.1. The minimum atomic E-state index is -0.879. The molecule has 2 N–H and O–H groups in total. The van der Waals surface area contributed by atoms with Gasteiger partial charge in [0.1, 0.15) is 5.82 Å². The number of nitrogens with one attached hydrogen (secondary N) is 1. The molecular formula is C17H14FN3O2S. The van der Waals surface area contributed by atoms with Crippen LogP contribution < -0.4 is 5.32 Å². The first kappa shape index (κ1) is 16.2. The molecule has 3 rings (SSSR count).